The summed E-state index contributed by atoms with van der Waals surface area (Å²) in [6.45, 7) is 5.03. The molecule has 0 aliphatic carbocycles. The van der Waals surface area contributed by atoms with E-state index in [-0.39, 0.29) is 13.3 Å². The van der Waals surface area contributed by atoms with Gasteiger partial charge < -0.3 is 0 Å². The molecule has 0 heterocycles. The van der Waals surface area contributed by atoms with Crippen molar-refractivity contribution in [3.05, 3.63) is 12.7 Å². The molecule has 0 aromatic heterocycles. The van der Waals surface area contributed by atoms with Crippen LogP contribution in [0.15, 0.2) is 12.7 Å². The van der Waals surface area contributed by atoms with E-state index in [2.05, 4.69) is 6.58 Å². The molecule has 0 fully saturated rings. The van der Waals surface area contributed by atoms with Gasteiger partial charge in [-0.15, -0.1) is 6.58 Å². The summed E-state index contributed by atoms with van der Waals surface area (Å²) < 4.78 is 22.1. The van der Waals surface area contributed by atoms with Crippen LogP contribution in [0.25, 0.3) is 0 Å². The minimum Gasteiger partial charge on any atom is -0.251 e. The van der Waals surface area contributed by atoms with E-state index in [1.165, 1.54) is 0 Å². The van der Waals surface area contributed by atoms with E-state index < -0.39 is 0 Å². The van der Waals surface area contributed by atoms with E-state index in [9.17, 15) is 8.78 Å². The number of unbranched alkanes of at least 4 members (excludes halogenated alkanes) is 2. The highest BCUT2D eigenvalue weighted by Crippen LogP contribution is 1.87. The van der Waals surface area contributed by atoms with Gasteiger partial charge in [-0.2, -0.15) is 0 Å². The number of allylic oxidation sites excluding steroid dienone is 1. The lowest BCUT2D eigenvalue weighted by Crippen LogP contribution is -1.69. The van der Waals surface area contributed by atoms with Crippen molar-refractivity contribution in [2.75, 3.05) is 13.3 Å². The van der Waals surface area contributed by atoms with Gasteiger partial charge in [0.25, 0.3) is 0 Å². The maximum atomic E-state index is 11.1. The first-order valence-corrected chi connectivity index (χ1v) is 4.06. The normalized spacial score (nSPS) is 8.27. The van der Waals surface area contributed by atoms with Crippen molar-refractivity contribution in [3.8, 4) is 0 Å². The van der Waals surface area contributed by atoms with Crippen molar-refractivity contribution in [3.63, 3.8) is 0 Å². The summed E-state index contributed by atoms with van der Waals surface area (Å²) in [5.74, 6) is 0. The Morgan fingerprint density at radius 2 is 1.73 bits per heavy atom. The number of halogens is 2. The van der Waals surface area contributed by atoms with E-state index in [1.54, 1.807) is 6.08 Å². The zero-order valence-corrected chi connectivity index (χ0v) is 7.28. The number of hydrogen-bond acceptors (Lipinski definition) is 0. The molecular formula is C9H18F2. The van der Waals surface area contributed by atoms with Gasteiger partial charge in [-0.25, -0.2) is 0 Å². The van der Waals surface area contributed by atoms with Gasteiger partial charge in [0.2, 0.25) is 0 Å². The largest absolute Gasteiger partial charge is 0.251 e. The molecule has 0 radical (unpaired) electrons. The molecule has 68 valence electrons. The Kier molecular flexibility index (Phi) is 19.6. The summed E-state index contributed by atoms with van der Waals surface area (Å²) >= 11 is 0. The van der Waals surface area contributed by atoms with Crippen LogP contribution in [0.1, 0.15) is 32.6 Å². The van der Waals surface area contributed by atoms with Crippen molar-refractivity contribution in [1.29, 1.82) is 0 Å². The Labute approximate surface area is 68.3 Å². The van der Waals surface area contributed by atoms with E-state index in [0.717, 1.165) is 19.3 Å². The second-order valence-corrected chi connectivity index (χ2v) is 2.16. The molecule has 0 aliphatic rings. The Balaban J connectivity index is 0. The summed E-state index contributed by atoms with van der Waals surface area (Å²) in [7, 11) is 0. The highest BCUT2D eigenvalue weighted by molar-refractivity contribution is 4.64. The van der Waals surface area contributed by atoms with Crippen molar-refractivity contribution < 1.29 is 8.78 Å². The summed E-state index contributed by atoms with van der Waals surface area (Å²) in [6, 6.07) is 0. The molecule has 0 aromatic carbocycles. The third kappa shape index (κ3) is 26.2. The first kappa shape index (κ1) is 13.2. The fourth-order valence-corrected chi connectivity index (χ4v) is 0.355. The Morgan fingerprint density at radius 1 is 1.18 bits per heavy atom. The van der Waals surface area contributed by atoms with Gasteiger partial charge in [-0.3, -0.25) is 8.78 Å². The predicted molar refractivity (Wildman–Crippen MR) is 46.3 cm³/mol. The van der Waals surface area contributed by atoms with Crippen LogP contribution in [0.2, 0.25) is 0 Å². The topological polar surface area (TPSA) is 0 Å². The lowest BCUT2D eigenvalue weighted by Gasteiger charge is -1.79. The van der Waals surface area contributed by atoms with Crippen LogP contribution in [0, 0.1) is 0 Å². The summed E-state index contributed by atoms with van der Waals surface area (Å²) in [5.41, 5.74) is 0. The fourth-order valence-electron chi connectivity index (χ4n) is 0.355. The predicted octanol–water partition coefficient (Wildman–Crippen LogP) is 3.68. The molecule has 0 N–H and O–H groups in total. The maximum Gasteiger partial charge on any atom is 0.0897 e. The third-order valence-corrected chi connectivity index (χ3v) is 1.03. The summed E-state index contributed by atoms with van der Waals surface area (Å²) in [5, 5.41) is 0. The minimum atomic E-state index is -0.216. The van der Waals surface area contributed by atoms with E-state index in [0.29, 0.717) is 6.42 Å². The average Bonchev–Trinajstić information content (AvgIpc) is 2.04. The van der Waals surface area contributed by atoms with Crippen molar-refractivity contribution in [1.82, 2.24) is 0 Å². The number of hydrogen-bond donors (Lipinski definition) is 0. The van der Waals surface area contributed by atoms with Gasteiger partial charge in [-0.05, 0) is 19.3 Å². The fraction of sp³-hybridized carbons (Fsp3) is 0.778. The van der Waals surface area contributed by atoms with Gasteiger partial charge >= 0.3 is 0 Å². The van der Waals surface area contributed by atoms with Crippen LogP contribution >= 0.6 is 0 Å². The van der Waals surface area contributed by atoms with Gasteiger partial charge in [-0.1, -0.05) is 19.4 Å². The smallest absolute Gasteiger partial charge is 0.0897 e. The van der Waals surface area contributed by atoms with Crippen molar-refractivity contribution in [2.24, 2.45) is 0 Å². The molecule has 11 heavy (non-hydrogen) atoms. The second-order valence-electron chi connectivity index (χ2n) is 2.16. The molecule has 0 bridgehead atoms. The van der Waals surface area contributed by atoms with Crippen molar-refractivity contribution >= 4 is 0 Å². The number of rotatable bonds is 5. The lowest BCUT2D eigenvalue weighted by molar-refractivity contribution is 0.469. The van der Waals surface area contributed by atoms with Gasteiger partial charge in [0.1, 0.15) is 0 Å². The van der Waals surface area contributed by atoms with Crippen molar-refractivity contribution in [2.45, 2.75) is 32.6 Å². The molecule has 0 nitrogen and oxygen atoms in total. The van der Waals surface area contributed by atoms with Gasteiger partial charge in [0, 0.05) is 0 Å². The van der Waals surface area contributed by atoms with E-state index >= 15 is 0 Å². The molecule has 0 unspecified atom stereocenters. The zero-order chi connectivity index (χ0) is 8.95. The molecule has 0 saturated carbocycles. The third-order valence-electron chi connectivity index (χ3n) is 1.03. The first-order chi connectivity index (χ1) is 5.33. The van der Waals surface area contributed by atoms with Crippen LogP contribution in [0.5, 0.6) is 0 Å². The molecule has 0 rings (SSSR count). The number of alkyl halides is 2. The summed E-state index contributed by atoms with van der Waals surface area (Å²) in [4.78, 5) is 0. The molecule has 0 atom stereocenters. The first-order valence-electron chi connectivity index (χ1n) is 4.06. The van der Waals surface area contributed by atoms with Gasteiger partial charge in [0.05, 0.1) is 13.3 Å². The Morgan fingerprint density at radius 3 is 1.82 bits per heavy atom. The Hall–Kier alpha value is -0.400. The van der Waals surface area contributed by atoms with Crippen LogP contribution < -0.4 is 0 Å². The van der Waals surface area contributed by atoms with Crippen LogP contribution in [-0.4, -0.2) is 13.3 Å². The van der Waals surface area contributed by atoms with Crippen LogP contribution in [0.3, 0.4) is 0 Å². The lowest BCUT2D eigenvalue weighted by atomic mass is 10.3. The second kappa shape index (κ2) is 16.3. The highest BCUT2D eigenvalue weighted by Gasteiger charge is 1.74. The zero-order valence-electron chi connectivity index (χ0n) is 7.28. The molecular weight excluding hydrogens is 146 g/mol. The molecule has 0 amide bonds. The molecule has 0 spiro atoms. The van der Waals surface area contributed by atoms with E-state index in [4.69, 9.17) is 0 Å². The molecule has 0 saturated heterocycles. The van der Waals surface area contributed by atoms with Gasteiger partial charge in [0.15, 0.2) is 0 Å². The summed E-state index contributed by atoms with van der Waals surface area (Å²) in [6.07, 6.45) is 4.84. The van der Waals surface area contributed by atoms with Crippen LogP contribution in [-0.2, 0) is 0 Å². The highest BCUT2D eigenvalue weighted by atomic mass is 19.1. The van der Waals surface area contributed by atoms with E-state index in [1.807, 2.05) is 6.92 Å². The minimum absolute atomic E-state index is 0.156. The Bertz CT molecular complexity index is 60.6. The monoisotopic (exact) mass is 164 g/mol. The average molecular weight is 164 g/mol. The quantitative estimate of drug-likeness (QED) is 0.429. The maximum absolute atomic E-state index is 11.1. The molecule has 0 aliphatic heterocycles. The van der Waals surface area contributed by atoms with Crippen LogP contribution in [0.4, 0.5) is 8.78 Å². The molecule has 0 aromatic rings. The molecule has 2 heteroatoms. The SMILES string of the molecule is C=CCCCF.CCCCF. The standard InChI is InChI=1S/C5H9F.C4H9F/c1-2-3-4-5-6;1-2-3-4-5/h2H,1,3-5H2;2-4H2,1H3.